The zero-order valence-electron chi connectivity index (χ0n) is 20.9. The largest absolute Gasteiger partial charge is 0.382 e. The molecule has 6 rings (SSSR count). The minimum atomic E-state index is -0.671. The molecule has 0 aliphatic carbocycles. The maximum Gasteiger partial charge on any atom is 0.274 e. The Balaban J connectivity index is 1.45. The molecule has 0 saturated carbocycles. The van der Waals surface area contributed by atoms with Crippen molar-refractivity contribution < 1.29 is 4.79 Å². The molecule has 3 N–H and O–H groups in total. The molecule has 1 amide bonds. The van der Waals surface area contributed by atoms with E-state index in [2.05, 4.69) is 32.3 Å². The van der Waals surface area contributed by atoms with Crippen molar-refractivity contribution in [2.45, 2.75) is 13.0 Å². The lowest BCUT2D eigenvalue weighted by molar-refractivity contribution is 0.0931. The summed E-state index contributed by atoms with van der Waals surface area (Å²) in [6.45, 7) is 1.76. The number of nitrogens with one attached hydrogen (secondary N) is 1. The van der Waals surface area contributed by atoms with Crippen molar-refractivity contribution in [3.05, 3.63) is 99.4 Å². The molecule has 5 heterocycles. The average molecular weight is 536 g/mol. The highest BCUT2D eigenvalue weighted by Crippen LogP contribution is 2.25. The van der Waals surface area contributed by atoms with E-state index in [0.717, 1.165) is 5.56 Å². The van der Waals surface area contributed by atoms with Crippen molar-refractivity contribution in [3.63, 3.8) is 0 Å². The number of aromatic nitrogens is 7. The first-order valence-corrected chi connectivity index (χ1v) is 12.8. The Labute approximate surface area is 225 Å². The third-order valence-corrected chi connectivity index (χ3v) is 6.94. The first kappa shape index (κ1) is 24.1. The number of thiophene rings is 1. The lowest BCUT2D eigenvalue weighted by atomic mass is 10.2. The van der Waals surface area contributed by atoms with Crippen LogP contribution >= 0.6 is 11.3 Å². The van der Waals surface area contributed by atoms with E-state index in [4.69, 9.17) is 10.7 Å². The Morgan fingerprint density at radius 1 is 1.10 bits per heavy atom. The number of para-hydroxylation sites is 1. The number of aryl methyl sites for hydroxylation is 1. The molecule has 1 unspecified atom stereocenters. The maximum absolute atomic E-state index is 14.0. The third-order valence-electron chi connectivity index (χ3n) is 6.06. The van der Waals surface area contributed by atoms with Gasteiger partial charge in [0.1, 0.15) is 10.7 Å². The molecule has 0 fully saturated rings. The molecular weight excluding hydrogens is 514 g/mol. The molecule has 6 aromatic rings. The van der Waals surface area contributed by atoms with E-state index in [-0.39, 0.29) is 17.1 Å². The second-order valence-corrected chi connectivity index (χ2v) is 9.62. The van der Waals surface area contributed by atoms with E-state index < -0.39 is 11.9 Å². The van der Waals surface area contributed by atoms with Gasteiger partial charge in [-0.1, -0.05) is 30.0 Å². The maximum atomic E-state index is 14.0. The van der Waals surface area contributed by atoms with Crippen LogP contribution in [0.5, 0.6) is 0 Å². The molecular formula is C27H21N9O2S. The summed E-state index contributed by atoms with van der Waals surface area (Å²) in [4.78, 5) is 36.9. The molecule has 1 aromatic carbocycles. The van der Waals surface area contributed by atoms with Gasteiger partial charge in [-0.15, -0.1) is 11.3 Å². The van der Waals surface area contributed by atoms with Gasteiger partial charge in [0.15, 0.2) is 17.2 Å². The van der Waals surface area contributed by atoms with Crippen LogP contribution < -0.4 is 16.6 Å². The molecule has 39 heavy (non-hydrogen) atoms. The van der Waals surface area contributed by atoms with Crippen LogP contribution in [0.2, 0.25) is 0 Å². The number of anilines is 1. The zero-order chi connectivity index (χ0) is 27.1. The highest BCUT2D eigenvalue weighted by Gasteiger charge is 2.25. The highest BCUT2D eigenvalue weighted by atomic mass is 32.1. The lowest BCUT2D eigenvalue weighted by Gasteiger charge is -2.19. The molecule has 12 heteroatoms. The van der Waals surface area contributed by atoms with Crippen molar-refractivity contribution in [3.8, 4) is 17.5 Å². The summed E-state index contributed by atoms with van der Waals surface area (Å²) in [5.41, 5.74) is 8.25. The van der Waals surface area contributed by atoms with Gasteiger partial charge >= 0.3 is 0 Å². The predicted octanol–water partition coefficient (Wildman–Crippen LogP) is 2.70. The fraction of sp³-hybridized carbons (Fsp3) is 0.111. The standard InChI is InChI=1S/C27H21N9O2S/c1-16(31-25(37)22-23(28)32-20-9-6-12-29-36(20)22)24-33-26-21(27(38)35(24)19-7-4-3-5-8-19)18(15-39-26)11-10-17-13-30-34(2)14-17/h3-9,12-16H,28H2,1-2H3,(H,31,37). The quantitative estimate of drug-likeness (QED) is 0.331. The number of imidazole rings is 1. The number of fused-ring (bicyclic) bond motifs is 2. The van der Waals surface area contributed by atoms with Crippen molar-refractivity contribution in [2.24, 2.45) is 7.05 Å². The van der Waals surface area contributed by atoms with Gasteiger partial charge in [0, 0.05) is 24.8 Å². The summed E-state index contributed by atoms with van der Waals surface area (Å²) in [6, 6.07) is 11.9. The van der Waals surface area contributed by atoms with Gasteiger partial charge in [0.05, 0.1) is 34.4 Å². The Morgan fingerprint density at radius 3 is 2.69 bits per heavy atom. The number of hydrogen-bond acceptors (Lipinski definition) is 8. The molecule has 0 aliphatic heterocycles. The molecule has 192 valence electrons. The normalized spacial score (nSPS) is 11.8. The van der Waals surface area contributed by atoms with Gasteiger partial charge in [0.25, 0.3) is 11.5 Å². The Kier molecular flexibility index (Phi) is 5.90. The van der Waals surface area contributed by atoms with Gasteiger partial charge < -0.3 is 11.1 Å². The van der Waals surface area contributed by atoms with Crippen molar-refractivity contribution >= 4 is 38.9 Å². The number of nitrogens with two attached hydrogens (primary N) is 1. The second kappa shape index (κ2) is 9.55. The topological polar surface area (TPSA) is 138 Å². The molecule has 0 radical (unpaired) electrons. The average Bonchev–Trinajstić information content (AvgIpc) is 3.63. The molecule has 0 saturated heterocycles. The highest BCUT2D eigenvalue weighted by molar-refractivity contribution is 7.17. The van der Waals surface area contributed by atoms with E-state index in [0.29, 0.717) is 32.9 Å². The van der Waals surface area contributed by atoms with Crippen LogP contribution in [0, 0.1) is 11.8 Å². The number of nitrogens with zero attached hydrogens (tertiary/aromatic N) is 7. The van der Waals surface area contributed by atoms with Gasteiger partial charge in [-0.3, -0.25) is 18.8 Å². The predicted molar refractivity (Wildman–Crippen MR) is 148 cm³/mol. The molecule has 0 bridgehead atoms. The van der Waals surface area contributed by atoms with Crippen LogP contribution in [-0.4, -0.2) is 39.8 Å². The smallest absolute Gasteiger partial charge is 0.274 e. The Morgan fingerprint density at radius 2 is 1.92 bits per heavy atom. The zero-order valence-corrected chi connectivity index (χ0v) is 21.7. The minimum absolute atomic E-state index is 0.0531. The van der Waals surface area contributed by atoms with Crippen molar-refractivity contribution in [1.29, 1.82) is 0 Å². The second-order valence-electron chi connectivity index (χ2n) is 8.76. The van der Waals surface area contributed by atoms with Gasteiger partial charge in [-0.2, -0.15) is 10.2 Å². The first-order chi connectivity index (χ1) is 18.9. The van der Waals surface area contributed by atoms with Gasteiger partial charge in [-0.25, -0.2) is 14.5 Å². The van der Waals surface area contributed by atoms with Gasteiger partial charge in [-0.05, 0) is 31.2 Å². The molecule has 0 spiro atoms. The number of carbonyl (C=O) groups excluding carboxylic acids is 1. The molecule has 1 atom stereocenters. The summed E-state index contributed by atoms with van der Waals surface area (Å²) >= 11 is 1.32. The SMILES string of the molecule is CC(NC(=O)c1c(N)nc2cccnn12)c1nc2scc(C#Cc3cnn(C)c3)c2c(=O)n1-c1ccccc1. The van der Waals surface area contributed by atoms with Crippen LogP contribution in [0.3, 0.4) is 0 Å². The lowest BCUT2D eigenvalue weighted by Crippen LogP contribution is -2.34. The number of carbonyl (C=O) groups is 1. The van der Waals surface area contributed by atoms with Crippen molar-refractivity contribution in [2.75, 3.05) is 5.73 Å². The summed E-state index contributed by atoms with van der Waals surface area (Å²) in [5.74, 6) is 6.08. The van der Waals surface area contributed by atoms with E-state index in [1.165, 1.54) is 20.4 Å². The fourth-order valence-electron chi connectivity index (χ4n) is 4.29. The number of hydrogen-bond donors (Lipinski definition) is 2. The first-order valence-electron chi connectivity index (χ1n) is 11.9. The third kappa shape index (κ3) is 4.30. The Bertz CT molecular complexity index is 1990. The molecule has 5 aromatic heterocycles. The van der Waals surface area contributed by atoms with E-state index >= 15 is 0 Å². The van der Waals surface area contributed by atoms with E-state index in [9.17, 15) is 9.59 Å². The van der Waals surface area contributed by atoms with Crippen LogP contribution in [0.25, 0.3) is 21.6 Å². The fourth-order valence-corrected chi connectivity index (χ4v) is 5.16. The Hall–Kier alpha value is -5.28. The van der Waals surface area contributed by atoms with Crippen LogP contribution in [0.1, 0.15) is 40.4 Å². The van der Waals surface area contributed by atoms with E-state index in [1.54, 1.807) is 42.3 Å². The molecule has 0 aliphatic rings. The summed E-state index contributed by atoms with van der Waals surface area (Å²) in [7, 11) is 1.81. The number of benzene rings is 1. The summed E-state index contributed by atoms with van der Waals surface area (Å²) < 4.78 is 4.55. The number of rotatable bonds is 4. The van der Waals surface area contributed by atoms with Crippen LogP contribution in [0.4, 0.5) is 5.82 Å². The minimum Gasteiger partial charge on any atom is -0.382 e. The van der Waals surface area contributed by atoms with E-state index in [1.807, 2.05) is 42.8 Å². The number of amides is 1. The summed E-state index contributed by atoms with van der Waals surface area (Å²) in [5, 5.41) is 13.5. The number of nitrogen functional groups attached to an aromatic ring is 1. The van der Waals surface area contributed by atoms with Gasteiger partial charge in [0.2, 0.25) is 0 Å². The monoisotopic (exact) mass is 535 g/mol. The van der Waals surface area contributed by atoms with Crippen LogP contribution in [-0.2, 0) is 7.05 Å². The molecule has 11 nitrogen and oxygen atoms in total. The van der Waals surface area contributed by atoms with Crippen LogP contribution in [0.15, 0.2) is 71.2 Å². The summed E-state index contributed by atoms with van der Waals surface area (Å²) in [6.07, 6.45) is 5.01. The van der Waals surface area contributed by atoms with Crippen molar-refractivity contribution in [1.82, 2.24) is 39.2 Å².